The number of anilines is 1. The van der Waals surface area contributed by atoms with Gasteiger partial charge in [-0.05, 0) is 42.7 Å². The predicted molar refractivity (Wildman–Crippen MR) is 148 cm³/mol. The molecule has 0 heterocycles. The number of aryl methyl sites for hydroxylation is 1. The van der Waals surface area contributed by atoms with Crippen molar-refractivity contribution in [2.75, 3.05) is 23.7 Å². The molecule has 0 aliphatic heterocycles. The second-order valence-electron chi connectivity index (χ2n) is 8.77. The molecule has 37 heavy (non-hydrogen) atoms. The monoisotopic (exact) mass is 541 g/mol. The number of carbonyl (C=O) groups excluding carboxylic acids is 2. The Bertz CT molecular complexity index is 1330. The average Bonchev–Trinajstić information content (AvgIpc) is 2.86. The van der Waals surface area contributed by atoms with Gasteiger partial charge < -0.3 is 10.2 Å². The molecule has 2 amide bonds. The third-order valence-electron chi connectivity index (χ3n) is 5.98. The quantitative estimate of drug-likeness (QED) is 0.394. The van der Waals surface area contributed by atoms with E-state index in [4.69, 9.17) is 11.6 Å². The van der Waals surface area contributed by atoms with E-state index in [0.29, 0.717) is 28.4 Å². The van der Waals surface area contributed by atoms with Crippen molar-refractivity contribution in [3.63, 3.8) is 0 Å². The number of sulfonamides is 1. The van der Waals surface area contributed by atoms with Crippen LogP contribution in [-0.4, -0.2) is 50.5 Å². The summed E-state index contributed by atoms with van der Waals surface area (Å²) in [6.07, 6.45) is 1.32. The van der Waals surface area contributed by atoms with E-state index in [2.05, 4.69) is 5.32 Å². The number of hydrogen-bond donors (Lipinski definition) is 1. The van der Waals surface area contributed by atoms with Crippen molar-refractivity contribution in [2.45, 2.75) is 32.9 Å². The second kappa shape index (κ2) is 12.7. The summed E-state index contributed by atoms with van der Waals surface area (Å²) in [5.74, 6) is -0.839. The van der Waals surface area contributed by atoms with E-state index in [1.807, 2.05) is 30.3 Å². The van der Waals surface area contributed by atoms with Crippen LogP contribution in [0.3, 0.4) is 0 Å². The summed E-state index contributed by atoms with van der Waals surface area (Å²) in [5.41, 5.74) is 2.65. The lowest BCUT2D eigenvalue weighted by atomic mass is 10.0. The zero-order valence-corrected chi connectivity index (χ0v) is 22.8. The fraction of sp³-hybridized carbons (Fsp3) is 0.286. The van der Waals surface area contributed by atoms with E-state index < -0.39 is 28.5 Å². The Labute approximate surface area is 224 Å². The van der Waals surface area contributed by atoms with Gasteiger partial charge in [-0.15, -0.1) is 0 Å². The van der Waals surface area contributed by atoms with Crippen LogP contribution < -0.4 is 9.62 Å². The minimum absolute atomic E-state index is 0.0402. The average molecular weight is 542 g/mol. The molecule has 3 aromatic rings. The minimum Gasteiger partial charge on any atom is -0.355 e. The summed E-state index contributed by atoms with van der Waals surface area (Å²) in [4.78, 5) is 28.7. The van der Waals surface area contributed by atoms with E-state index >= 15 is 0 Å². The Morgan fingerprint density at radius 1 is 0.946 bits per heavy atom. The lowest BCUT2D eigenvalue weighted by Crippen LogP contribution is -2.53. The Hall–Kier alpha value is -3.36. The molecular weight excluding hydrogens is 510 g/mol. The highest BCUT2D eigenvalue weighted by molar-refractivity contribution is 7.92. The standard InChI is InChI=1S/C28H32ClN3O4S/c1-4-30-28(34)26(18-22-13-6-5-7-14-22)31(19-23-15-9-10-16-24(23)29)27(33)20-32(37(3,35)36)25-17-11-8-12-21(25)2/h5-17,26H,4,18-20H2,1-3H3,(H,30,34)/t26-/m0/s1. The van der Waals surface area contributed by atoms with Gasteiger partial charge in [0.2, 0.25) is 21.8 Å². The molecule has 0 aliphatic carbocycles. The lowest BCUT2D eigenvalue weighted by molar-refractivity contribution is -0.140. The first-order chi connectivity index (χ1) is 17.6. The summed E-state index contributed by atoms with van der Waals surface area (Å²) in [5, 5.41) is 3.28. The van der Waals surface area contributed by atoms with Gasteiger partial charge in [0.15, 0.2) is 0 Å². The maximum absolute atomic E-state index is 13.9. The van der Waals surface area contributed by atoms with Crippen molar-refractivity contribution >= 4 is 39.1 Å². The van der Waals surface area contributed by atoms with E-state index in [1.165, 1.54) is 4.90 Å². The van der Waals surface area contributed by atoms with Crippen LogP contribution in [0, 0.1) is 6.92 Å². The Morgan fingerprint density at radius 2 is 1.57 bits per heavy atom. The molecule has 0 aliphatic rings. The van der Waals surface area contributed by atoms with Crippen LogP contribution in [0.4, 0.5) is 5.69 Å². The van der Waals surface area contributed by atoms with Gasteiger partial charge in [0.05, 0.1) is 11.9 Å². The number of likely N-dealkylation sites (N-methyl/N-ethyl adjacent to an activating group) is 1. The first-order valence-corrected chi connectivity index (χ1v) is 14.2. The normalized spacial score (nSPS) is 12.0. The summed E-state index contributed by atoms with van der Waals surface area (Å²) >= 11 is 6.43. The summed E-state index contributed by atoms with van der Waals surface area (Å²) in [6.45, 7) is 3.56. The molecule has 9 heteroatoms. The third-order valence-corrected chi connectivity index (χ3v) is 7.48. The first kappa shape index (κ1) is 28.2. The Balaban J connectivity index is 2.06. The summed E-state index contributed by atoms with van der Waals surface area (Å²) < 4.78 is 26.7. The van der Waals surface area contributed by atoms with Crippen molar-refractivity contribution in [1.29, 1.82) is 0 Å². The number of para-hydroxylation sites is 1. The van der Waals surface area contributed by atoms with Crippen LogP contribution in [-0.2, 0) is 32.6 Å². The molecule has 0 saturated heterocycles. The number of nitrogens with one attached hydrogen (secondary N) is 1. The number of nitrogens with zero attached hydrogens (tertiary/aromatic N) is 2. The zero-order valence-electron chi connectivity index (χ0n) is 21.2. The molecule has 0 spiro atoms. The van der Waals surface area contributed by atoms with E-state index in [1.54, 1.807) is 62.4 Å². The maximum atomic E-state index is 13.9. The summed E-state index contributed by atoms with van der Waals surface area (Å²) in [7, 11) is -3.81. The number of carbonyl (C=O) groups is 2. The Morgan fingerprint density at radius 3 is 2.19 bits per heavy atom. The van der Waals surface area contributed by atoms with Crippen LogP contribution in [0.25, 0.3) is 0 Å². The SMILES string of the molecule is CCNC(=O)[C@H](Cc1ccccc1)N(Cc1ccccc1Cl)C(=O)CN(c1ccccc1C)S(C)(=O)=O. The van der Waals surface area contributed by atoms with Crippen molar-refractivity contribution in [3.05, 3.63) is 101 Å². The molecule has 7 nitrogen and oxygen atoms in total. The number of halogens is 1. The highest BCUT2D eigenvalue weighted by Gasteiger charge is 2.33. The van der Waals surface area contributed by atoms with Gasteiger partial charge in [-0.3, -0.25) is 13.9 Å². The molecule has 3 rings (SSSR count). The van der Waals surface area contributed by atoms with Crippen molar-refractivity contribution in [3.8, 4) is 0 Å². The molecule has 196 valence electrons. The number of amides is 2. The molecular formula is C28H32ClN3O4S. The fourth-order valence-corrected chi connectivity index (χ4v) is 5.20. The van der Waals surface area contributed by atoms with Gasteiger partial charge in [0.25, 0.3) is 0 Å². The fourth-order valence-electron chi connectivity index (χ4n) is 4.09. The zero-order chi connectivity index (χ0) is 27.0. The van der Waals surface area contributed by atoms with Crippen molar-refractivity contribution in [1.82, 2.24) is 10.2 Å². The van der Waals surface area contributed by atoms with Crippen LogP contribution in [0.5, 0.6) is 0 Å². The second-order valence-corrected chi connectivity index (χ2v) is 11.1. The molecule has 1 N–H and O–H groups in total. The molecule has 0 radical (unpaired) electrons. The van der Waals surface area contributed by atoms with Crippen molar-refractivity contribution < 1.29 is 18.0 Å². The van der Waals surface area contributed by atoms with Gasteiger partial charge in [0.1, 0.15) is 12.6 Å². The maximum Gasteiger partial charge on any atom is 0.244 e. The van der Waals surface area contributed by atoms with Crippen LogP contribution in [0.15, 0.2) is 78.9 Å². The van der Waals surface area contributed by atoms with Gasteiger partial charge >= 0.3 is 0 Å². The molecule has 0 bridgehead atoms. The molecule has 1 atom stereocenters. The first-order valence-electron chi connectivity index (χ1n) is 12.0. The van der Waals surface area contributed by atoms with Gasteiger partial charge in [-0.1, -0.05) is 78.3 Å². The molecule has 0 saturated carbocycles. The molecule has 0 fully saturated rings. The number of hydrogen-bond acceptors (Lipinski definition) is 4. The minimum atomic E-state index is -3.81. The molecule has 3 aromatic carbocycles. The number of benzene rings is 3. The number of rotatable bonds is 11. The summed E-state index contributed by atoms with van der Waals surface area (Å²) in [6, 6.07) is 22.6. The van der Waals surface area contributed by atoms with Crippen LogP contribution in [0.2, 0.25) is 5.02 Å². The van der Waals surface area contributed by atoms with E-state index in [9.17, 15) is 18.0 Å². The molecule has 0 unspecified atom stereocenters. The third kappa shape index (κ3) is 7.57. The van der Waals surface area contributed by atoms with E-state index in [0.717, 1.165) is 16.1 Å². The highest BCUT2D eigenvalue weighted by atomic mass is 35.5. The topological polar surface area (TPSA) is 86.8 Å². The van der Waals surface area contributed by atoms with Gasteiger partial charge in [-0.25, -0.2) is 8.42 Å². The van der Waals surface area contributed by atoms with E-state index in [-0.39, 0.29) is 18.9 Å². The largest absolute Gasteiger partial charge is 0.355 e. The molecule has 0 aromatic heterocycles. The van der Waals surface area contributed by atoms with Crippen LogP contribution in [0.1, 0.15) is 23.6 Å². The van der Waals surface area contributed by atoms with Crippen LogP contribution >= 0.6 is 11.6 Å². The predicted octanol–water partition coefficient (Wildman–Crippen LogP) is 4.19. The van der Waals surface area contributed by atoms with Gasteiger partial charge in [-0.2, -0.15) is 0 Å². The highest BCUT2D eigenvalue weighted by Crippen LogP contribution is 2.24. The van der Waals surface area contributed by atoms with Gasteiger partial charge in [0, 0.05) is 24.5 Å². The smallest absolute Gasteiger partial charge is 0.244 e. The Kier molecular flexibility index (Phi) is 9.72. The van der Waals surface area contributed by atoms with Crippen molar-refractivity contribution in [2.24, 2.45) is 0 Å². The lowest BCUT2D eigenvalue weighted by Gasteiger charge is -2.34.